The van der Waals surface area contributed by atoms with Crippen molar-refractivity contribution in [2.24, 2.45) is 0 Å². The minimum atomic E-state index is -0.103. The fourth-order valence-corrected chi connectivity index (χ4v) is 3.22. The zero-order valence-corrected chi connectivity index (χ0v) is 11.7. The summed E-state index contributed by atoms with van der Waals surface area (Å²) < 4.78 is 2.29. The molecule has 4 nitrogen and oxygen atoms in total. The van der Waals surface area contributed by atoms with Crippen LogP contribution in [0.2, 0.25) is 0 Å². The first-order valence-electron chi connectivity index (χ1n) is 7.00. The van der Waals surface area contributed by atoms with Gasteiger partial charge in [-0.2, -0.15) is 0 Å². The quantitative estimate of drug-likeness (QED) is 0.840. The number of imidazole rings is 1. The van der Waals surface area contributed by atoms with Gasteiger partial charge >= 0.3 is 0 Å². The van der Waals surface area contributed by atoms with E-state index in [1.807, 2.05) is 6.20 Å². The number of hydrogen-bond acceptors (Lipinski definition) is 3. The Labute approximate surface area is 109 Å². The molecule has 1 aromatic heterocycles. The molecule has 1 saturated carbocycles. The molecule has 4 heteroatoms. The molecule has 1 heterocycles. The minimum absolute atomic E-state index is 0.103. The fourth-order valence-electron chi connectivity index (χ4n) is 3.22. The zero-order chi connectivity index (χ0) is 13.2. The second kappa shape index (κ2) is 5.41. The number of aryl methyl sites for hydroxylation is 1. The predicted molar refractivity (Wildman–Crippen MR) is 72.6 cm³/mol. The summed E-state index contributed by atoms with van der Waals surface area (Å²) in [4.78, 5) is 4.39. The number of aliphatic hydroxyl groups excluding tert-OH is 1. The van der Waals surface area contributed by atoms with Crippen molar-refractivity contribution >= 4 is 0 Å². The molecule has 18 heavy (non-hydrogen) atoms. The molecule has 1 aliphatic carbocycles. The lowest BCUT2D eigenvalue weighted by Crippen LogP contribution is -2.49. The first kappa shape index (κ1) is 13.6. The van der Waals surface area contributed by atoms with Crippen molar-refractivity contribution in [1.29, 1.82) is 0 Å². The van der Waals surface area contributed by atoms with Crippen molar-refractivity contribution in [2.75, 3.05) is 6.61 Å². The third-order valence-electron chi connectivity index (χ3n) is 3.94. The normalized spacial score (nSPS) is 28.2. The number of aliphatic hydroxyl groups is 1. The van der Waals surface area contributed by atoms with E-state index in [1.54, 1.807) is 0 Å². The summed E-state index contributed by atoms with van der Waals surface area (Å²) in [5.41, 5.74) is -0.103. The number of nitrogens with one attached hydrogen (secondary N) is 1. The van der Waals surface area contributed by atoms with Gasteiger partial charge in [0.1, 0.15) is 5.82 Å². The van der Waals surface area contributed by atoms with Crippen LogP contribution in [0.15, 0.2) is 12.4 Å². The van der Waals surface area contributed by atoms with Crippen molar-refractivity contribution in [3.8, 4) is 0 Å². The molecule has 102 valence electrons. The van der Waals surface area contributed by atoms with Gasteiger partial charge in [-0.1, -0.05) is 20.8 Å². The molecule has 0 bridgehead atoms. The summed E-state index contributed by atoms with van der Waals surface area (Å²) in [5.74, 6) is 1.15. The lowest BCUT2D eigenvalue weighted by molar-refractivity contribution is 0.151. The molecule has 1 fully saturated rings. The van der Waals surface area contributed by atoms with Crippen LogP contribution in [0.25, 0.3) is 0 Å². The molecule has 0 radical (unpaired) electrons. The maximum Gasteiger partial charge on any atom is 0.108 e. The Hall–Kier alpha value is -0.870. The van der Waals surface area contributed by atoms with Gasteiger partial charge in [-0.05, 0) is 19.3 Å². The molecule has 0 amide bonds. The van der Waals surface area contributed by atoms with E-state index in [9.17, 15) is 5.11 Å². The lowest BCUT2D eigenvalue weighted by atomic mass is 9.97. The first-order chi connectivity index (χ1) is 8.60. The summed E-state index contributed by atoms with van der Waals surface area (Å²) in [5, 5.41) is 13.3. The average Bonchev–Trinajstić information content (AvgIpc) is 2.94. The van der Waals surface area contributed by atoms with Crippen molar-refractivity contribution in [2.45, 2.75) is 64.1 Å². The topological polar surface area (TPSA) is 50.1 Å². The van der Waals surface area contributed by atoms with E-state index in [4.69, 9.17) is 0 Å². The summed E-state index contributed by atoms with van der Waals surface area (Å²) in [7, 11) is 0. The molecule has 2 atom stereocenters. The molecule has 0 spiro atoms. The van der Waals surface area contributed by atoms with Crippen LogP contribution in [0.5, 0.6) is 0 Å². The molecule has 0 aliphatic heterocycles. The van der Waals surface area contributed by atoms with Crippen LogP contribution < -0.4 is 5.32 Å². The number of hydrogen-bond donors (Lipinski definition) is 2. The van der Waals surface area contributed by atoms with Gasteiger partial charge in [-0.25, -0.2) is 4.98 Å². The van der Waals surface area contributed by atoms with E-state index in [1.165, 1.54) is 0 Å². The standard InChI is InChI=1S/C14H25N3O/c1-4-13-15-7-8-17(13)12-5-6-14(9-12,10-18)16-11(2)3/h7-8,11-12,16,18H,4-6,9-10H2,1-3H3. The lowest BCUT2D eigenvalue weighted by Gasteiger charge is -2.31. The monoisotopic (exact) mass is 251 g/mol. The molecular formula is C14H25N3O. The maximum absolute atomic E-state index is 9.72. The highest BCUT2D eigenvalue weighted by atomic mass is 16.3. The van der Waals surface area contributed by atoms with Gasteiger partial charge < -0.3 is 15.0 Å². The minimum Gasteiger partial charge on any atom is -0.394 e. The molecule has 1 aliphatic rings. The van der Waals surface area contributed by atoms with Crippen molar-refractivity contribution in [1.82, 2.24) is 14.9 Å². The van der Waals surface area contributed by atoms with Crippen LogP contribution in [0.4, 0.5) is 0 Å². The highest BCUT2D eigenvalue weighted by Gasteiger charge is 2.39. The maximum atomic E-state index is 9.72. The largest absolute Gasteiger partial charge is 0.394 e. The van der Waals surface area contributed by atoms with Gasteiger partial charge in [0.15, 0.2) is 0 Å². The second-order valence-corrected chi connectivity index (χ2v) is 5.74. The zero-order valence-electron chi connectivity index (χ0n) is 11.7. The molecule has 2 unspecified atom stereocenters. The van der Waals surface area contributed by atoms with Crippen LogP contribution in [-0.2, 0) is 6.42 Å². The molecule has 2 rings (SSSR count). The fraction of sp³-hybridized carbons (Fsp3) is 0.786. The van der Waals surface area contributed by atoms with E-state index in [0.717, 1.165) is 31.5 Å². The summed E-state index contributed by atoms with van der Waals surface area (Å²) in [6, 6.07) is 0.880. The van der Waals surface area contributed by atoms with Crippen LogP contribution in [0.1, 0.15) is 51.9 Å². The van der Waals surface area contributed by atoms with Gasteiger partial charge in [0.2, 0.25) is 0 Å². The van der Waals surface area contributed by atoms with Crippen molar-refractivity contribution < 1.29 is 5.11 Å². The highest BCUT2D eigenvalue weighted by molar-refractivity contribution is 5.03. The number of aromatic nitrogens is 2. The Bertz CT molecular complexity index is 388. The molecule has 0 aromatic carbocycles. The molecule has 2 N–H and O–H groups in total. The highest BCUT2D eigenvalue weighted by Crippen LogP contribution is 2.38. The molecular weight excluding hydrogens is 226 g/mol. The van der Waals surface area contributed by atoms with E-state index in [0.29, 0.717) is 12.1 Å². The second-order valence-electron chi connectivity index (χ2n) is 5.74. The van der Waals surface area contributed by atoms with Gasteiger partial charge in [0, 0.05) is 36.4 Å². The van der Waals surface area contributed by atoms with Crippen LogP contribution in [-0.4, -0.2) is 32.8 Å². The van der Waals surface area contributed by atoms with Gasteiger partial charge in [-0.15, -0.1) is 0 Å². The third-order valence-corrected chi connectivity index (χ3v) is 3.94. The Morgan fingerprint density at radius 3 is 3.00 bits per heavy atom. The molecule has 0 saturated heterocycles. The smallest absolute Gasteiger partial charge is 0.108 e. The number of nitrogens with zero attached hydrogens (tertiary/aromatic N) is 2. The first-order valence-corrected chi connectivity index (χ1v) is 7.00. The average molecular weight is 251 g/mol. The van der Waals surface area contributed by atoms with Gasteiger partial charge in [0.25, 0.3) is 0 Å². The van der Waals surface area contributed by atoms with Gasteiger partial charge in [-0.3, -0.25) is 0 Å². The predicted octanol–water partition coefficient (Wildman–Crippen LogP) is 1.90. The molecule has 1 aromatic rings. The van der Waals surface area contributed by atoms with E-state index in [-0.39, 0.29) is 12.1 Å². The van der Waals surface area contributed by atoms with Crippen molar-refractivity contribution in [3.05, 3.63) is 18.2 Å². The Balaban J connectivity index is 2.11. The number of rotatable bonds is 5. The van der Waals surface area contributed by atoms with Gasteiger partial charge in [0.05, 0.1) is 6.61 Å². The Morgan fingerprint density at radius 1 is 1.61 bits per heavy atom. The van der Waals surface area contributed by atoms with Crippen LogP contribution in [0, 0.1) is 0 Å². The summed E-state index contributed by atoms with van der Waals surface area (Å²) >= 11 is 0. The van der Waals surface area contributed by atoms with E-state index >= 15 is 0 Å². The Kier molecular flexibility index (Phi) is 4.07. The third kappa shape index (κ3) is 2.59. The Morgan fingerprint density at radius 2 is 2.39 bits per heavy atom. The summed E-state index contributed by atoms with van der Waals surface area (Å²) in [6.45, 7) is 6.64. The van der Waals surface area contributed by atoms with E-state index in [2.05, 4.69) is 41.8 Å². The van der Waals surface area contributed by atoms with Crippen LogP contribution >= 0.6 is 0 Å². The van der Waals surface area contributed by atoms with E-state index < -0.39 is 0 Å². The summed E-state index contributed by atoms with van der Waals surface area (Å²) in [6.07, 6.45) is 8.07. The van der Waals surface area contributed by atoms with Crippen molar-refractivity contribution in [3.63, 3.8) is 0 Å². The van der Waals surface area contributed by atoms with Crippen LogP contribution in [0.3, 0.4) is 0 Å². The SMILES string of the molecule is CCc1nccn1C1CCC(CO)(NC(C)C)C1.